The highest BCUT2D eigenvalue weighted by atomic mass is 16.1. The zero-order chi connectivity index (χ0) is 17.7. The van der Waals surface area contributed by atoms with Gasteiger partial charge in [-0.3, -0.25) is 14.2 Å². The molecule has 26 heavy (non-hydrogen) atoms. The number of fused-ring (bicyclic) bond motifs is 2. The minimum atomic E-state index is -0.354. The van der Waals surface area contributed by atoms with Crippen LogP contribution in [-0.4, -0.2) is 44.3 Å². The quantitative estimate of drug-likeness (QED) is 0.435. The summed E-state index contributed by atoms with van der Waals surface area (Å²) >= 11 is 0. The lowest BCUT2D eigenvalue weighted by Crippen LogP contribution is -2.25. The third kappa shape index (κ3) is 1.97. The highest BCUT2D eigenvalue weighted by molar-refractivity contribution is 5.91. The molecule has 11 heteroatoms. The van der Waals surface area contributed by atoms with Crippen LogP contribution in [0.1, 0.15) is 0 Å². The van der Waals surface area contributed by atoms with Gasteiger partial charge in [-0.15, -0.1) is 10.2 Å². The molecule has 0 bridgehead atoms. The third-order valence-electron chi connectivity index (χ3n) is 4.01. The highest BCUT2D eigenvalue weighted by Gasteiger charge is 2.12. The maximum atomic E-state index is 12.8. The van der Waals surface area contributed by atoms with E-state index in [2.05, 4.69) is 30.4 Å². The smallest absolute Gasteiger partial charge is 0.268 e. The normalized spacial score (nSPS) is 11.4. The van der Waals surface area contributed by atoms with Crippen LogP contribution >= 0.6 is 0 Å². The maximum absolute atomic E-state index is 12.8. The topological polar surface area (TPSA) is 129 Å². The Labute approximate surface area is 143 Å². The summed E-state index contributed by atoms with van der Waals surface area (Å²) in [5.41, 5.74) is 0.280. The summed E-state index contributed by atoms with van der Waals surface area (Å²) in [6, 6.07) is 4.91. The first-order valence-electron chi connectivity index (χ1n) is 7.51. The average Bonchev–Trinajstić information content (AvgIpc) is 3.35. The van der Waals surface area contributed by atoms with Gasteiger partial charge in [-0.25, -0.2) is 19.4 Å². The summed E-state index contributed by atoms with van der Waals surface area (Å²) in [7, 11) is 0. The molecule has 5 heterocycles. The van der Waals surface area contributed by atoms with Gasteiger partial charge in [0.05, 0.1) is 21.8 Å². The Bertz CT molecular complexity index is 1260. The zero-order valence-corrected chi connectivity index (χ0v) is 13.0. The molecule has 5 aromatic rings. The Morgan fingerprint density at radius 1 is 0.923 bits per heavy atom. The Morgan fingerprint density at radius 3 is 2.38 bits per heavy atom. The first-order chi connectivity index (χ1) is 12.7. The molecule has 0 amide bonds. The molecule has 11 nitrogen and oxygen atoms in total. The Balaban J connectivity index is 1.84. The Kier molecular flexibility index (Phi) is 2.83. The number of aromatic nitrogens is 9. The number of rotatable bonds is 2. The molecule has 0 atom stereocenters. The molecular formula is C15H9N9O2. The lowest BCUT2D eigenvalue weighted by Gasteiger charge is -2.08. The number of H-pyrrole nitrogens is 1. The molecule has 0 aliphatic carbocycles. The van der Waals surface area contributed by atoms with Gasteiger partial charge in [0, 0.05) is 12.4 Å². The standard InChI is InChI=1S/C15H9N9O2/c25-13-9-5-10-12(2-4-24(14(10)26)22-7-18-19-8-22)20-11(9)1-3-23(13)15-16-6-17-21-15/h1-8H,(H,16,17,21). The summed E-state index contributed by atoms with van der Waals surface area (Å²) < 4.78 is 4.07. The van der Waals surface area contributed by atoms with Crippen molar-refractivity contribution in [3.63, 3.8) is 0 Å². The van der Waals surface area contributed by atoms with Gasteiger partial charge < -0.3 is 0 Å². The molecule has 0 fully saturated rings. The average molecular weight is 347 g/mol. The predicted molar refractivity (Wildman–Crippen MR) is 89.9 cm³/mol. The van der Waals surface area contributed by atoms with Crippen LogP contribution in [0, 0.1) is 0 Å². The van der Waals surface area contributed by atoms with Gasteiger partial charge in [-0.1, -0.05) is 0 Å². The second kappa shape index (κ2) is 5.17. The van der Waals surface area contributed by atoms with E-state index >= 15 is 0 Å². The molecule has 0 saturated carbocycles. The summed E-state index contributed by atoms with van der Waals surface area (Å²) in [4.78, 5) is 34.0. The van der Waals surface area contributed by atoms with Crippen molar-refractivity contribution in [2.24, 2.45) is 0 Å². The molecular weight excluding hydrogens is 338 g/mol. The lowest BCUT2D eigenvalue weighted by atomic mass is 10.2. The van der Waals surface area contributed by atoms with E-state index in [1.807, 2.05) is 0 Å². The van der Waals surface area contributed by atoms with E-state index in [1.54, 1.807) is 24.5 Å². The van der Waals surface area contributed by atoms with E-state index in [-0.39, 0.29) is 17.1 Å². The molecule has 126 valence electrons. The maximum Gasteiger partial charge on any atom is 0.279 e. The first kappa shape index (κ1) is 14.2. The minimum Gasteiger partial charge on any atom is -0.268 e. The van der Waals surface area contributed by atoms with Crippen LogP contribution in [0.2, 0.25) is 0 Å². The summed E-state index contributed by atoms with van der Waals surface area (Å²) in [6.07, 6.45) is 7.24. The van der Waals surface area contributed by atoms with Crippen LogP contribution in [0.5, 0.6) is 0 Å². The number of pyridine rings is 3. The van der Waals surface area contributed by atoms with Gasteiger partial charge in [0.25, 0.3) is 11.1 Å². The van der Waals surface area contributed by atoms with E-state index < -0.39 is 0 Å². The van der Waals surface area contributed by atoms with Gasteiger partial charge in [0.15, 0.2) is 0 Å². The number of hydrogen-bond acceptors (Lipinski definition) is 7. The van der Waals surface area contributed by atoms with E-state index in [4.69, 9.17) is 0 Å². The fourth-order valence-electron chi connectivity index (χ4n) is 2.78. The Hall–Kier alpha value is -4.15. The fourth-order valence-corrected chi connectivity index (χ4v) is 2.78. The van der Waals surface area contributed by atoms with Gasteiger partial charge in [-0.2, -0.15) is 10.1 Å². The summed E-state index contributed by atoms with van der Waals surface area (Å²) in [5, 5.41) is 14.4. The molecule has 0 aliphatic rings. The van der Waals surface area contributed by atoms with Crippen molar-refractivity contribution in [3.05, 3.63) is 70.3 Å². The van der Waals surface area contributed by atoms with Crippen molar-refractivity contribution in [1.82, 2.24) is 44.3 Å². The monoisotopic (exact) mass is 347 g/mol. The molecule has 5 aromatic heterocycles. The van der Waals surface area contributed by atoms with Crippen molar-refractivity contribution in [2.75, 3.05) is 0 Å². The van der Waals surface area contributed by atoms with Gasteiger partial charge in [-0.05, 0) is 18.2 Å². The van der Waals surface area contributed by atoms with Crippen molar-refractivity contribution in [3.8, 4) is 5.95 Å². The number of nitrogens with one attached hydrogen (secondary N) is 1. The fraction of sp³-hybridized carbons (Fsp3) is 0. The van der Waals surface area contributed by atoms with Crippen molar-refractivity contribution in [1.29, 1.82) is 0 Å². The van der Waals surface area contributed by atoms with Crippen LogP contribution in [0.25, 0.3) is 27.8 Å². The van der Waals surface area contributed by atoms with E-state index in [0.717, 1.165) is 0 Å². The van der Waals surface area contributed by atoms with Gasteiger partial charge in [0.1, 0.15) is 19.0 Å². The lowest BCUT2D eigenvalue weighted by molar-refractivity contribution is 0.632. The van der Waals surface area contributed by atoms with Crippen molar-refractivity contribution >= 4 is 21.8 Å². The van der Waals surface area contributed by atoms with Crippen LogP contribution in [0.4, 0.5) is 0 Å². The van der Waals surface area contributed by atoms with Crippen LogP contribution in [-0.2, 0) is 0 Å². The number of nitrogens with zero attached hydrogens (tertiary/aromatic N) is 8. The summed E-state index contributed by atoms with van der Waals surface area (Å²) in [5.74, 6) is 0.284. The first-order valence-corrected chi connectivity index (χ1v) is 7.51. The minimum absolute atomic E-state index is 0.284. The molecule has 0 aromatic carbocycles. The highest BCUT2D eigenvalue weighted by Crippen LogP contribution is 2.14. The number of aromatic amines is 1. The van der Waals surface area contributed by atoms with Gasteiger partial charge >= 0.3 is 0 Å². The van der Waals surface area contributed by atoms with E-state index in [9.17, 15) is 9.59 Å². The molecule has 0 unspecified atom stereocenters. The molecule has 0 radical (unpaired) electrons. The second-order valence-electron chi connectivity index (χ2n) is 5.46. The van der Waals surface area contributed by atoms with E-state index in [0.29, 0.717) is 21.8 Å². The molecule has 5 rings (SSSR count). The second-order valence-corrected chi connectivity index (χ2v) is 5.46. The zero-order valence-electron chi connectivity index (χ0n) is 13.0. The van der Waals surface area contributed by atoms with Crippen molar-refractivity contribution < 1.29 is 0 Å². The van der Waals surface area contributed by atoms with Crippen LogP contribution in [0.3, 0.4) is 0 Å². The van der Waals surface area contributed by atoms with E-state index in [1.165, 1.54) is 39.0 Å². The third-order valence-corrected chi connectivity index (χ3v) is 4.01. The molecule has 0 saturated heterocycles. The predicted octanol–water partition coefficient (Wildman–Crippen LogP) is -0.278. The van der Waals surface area contributed by atoms with Crippen LogP contribution in [0.15, 0.2) is 59.2 Å². The van der Waals surface area contributed by atoms with Crippen LogP contribution < -0.4 is 11.1 Å². The SMILES string of the molecule is O=c1c2cc3c(=O)n(-n4cnnc4)ccc3nc2ccn1-c1ncn[nH]1. The molecule has 0 spiro atoms. The Morgan fingerprint density at radius 2 is 1.65 bits per heavy atom. The van der Waals surface area contributed by atoms with Crippen molar-refractivity contribution in [2.45, 2.75) is 0 Å². The summed E-state index contributed by atoms with van der Waals surface area (Å²) in [6.45, 7) is 0. The largest absolute Gasteiger partial charge is 0.279 e. The molecule has 1 N–H and O–H groups in total. The van der Waals surface area contributed by atoms with Gasteiger partial charge in [0.2, 0.25) is 5.95 Å². The molecule has 0 aliphatic heterocycles. The number of hydrogen-bond donors (Lipinski definition) is 1.